The van der Waals surface area contributed by atoms with Gasteiger partial charge in [0.2, 0.25) is 17.4 Å². The molecule has 2 heterocycles. The monoisotopic (exact) mass is 894 g/mol. The van der Waals surface area contributed by atoms with E-state index >= 15 is 0 Å². The highest BCUT2D eigenvalue weighted by molar-refractivity contribution is 5.91. The Morgan fingerprint density at radius 1 is 0.818 bits per heavy atom. The van der Waals surface area contributed by atoms with Gasteiger partial charge in [-0.15, -0.1) is 0 Å². The van der Waals surface area contributed by atoms with Crippen molar-refractivity contribution in [2.24, 2.45) is 0 Å². The summed E-state index contributed by atoms with van der Waals surface area (Å²) < 4.78 is 11.4. The number of carbonyl (C=O) groups excluding carboxylic acids is 3. The first kappa shape index (κ1) is 47.0. The number of para-hydroxylation sites is 1. The summed E-state index contributed by atoms with van der Waals surface area (Å²) in [5.74, 6) is 0.477. The van der Waals surface area contributed by atoms with E-state index in [-0.39, 0.29) is 53.8 Å². The molecule has 0 unspecified atom stereocenters. The fourth-order valence-electron chi connectivity index (χ4n) is 8.25. The Labute approximate surface area is 384 Å². The number of aromatic nitrogens is 1. The molecule has 3 amide bonds. The topological polar surface area (TPSA) is 194 Å². The number of hydrogen-bond acceptors (Lipinski definition) is 10. The lowest BCUT2D eigenvalue weighted by Crippen LogP contribution is -2.40. The van der Waals surface area contributed by atoms with E-state index in [2.05, 4.69) is 31.2 Å². The van der Waals surface area contributed by atoms with Gasteiger partial charge >= 0.3 is 6.09 Å². The van der Waals surface area contributed by atoms with E-state index < -0.39 is 12.2 Å². The van der Waals surface area contributed by atoms with Gasteiger partial charge in [-0.05, 0) is 83.8 Å². The van der Waals surface area contributed by atoms with E-state index in [0.717, 1.165) is 46.5 Å². The number of nitrogens with one attached hydrogen (secondary N) is 5. The van der Waals surface area contributed by atoms with Crippen LogP contribution in [0.1, 0.15) is 60.1 Å². The summed E-state index contributed by atoms with van der Waals surface area (Å²) >= 11 is 0. The van der Waals surface area contributed by atoms with Crippen molar-refractivity contribution >= 4 is 34.5 Å². The molecular weight excluding hydrogens is 837 g/mol. The molecule has 0 bridgehead atoms. The maximum Gasteiger partial charge on any atom is 0.411 e. The van der Waals surface area contributed by atoms with Gasteiger partial charge in [0.15, 0.2) is 0 Å². The van der Waals surface area contributed by atoms with E-state index in [1.807, 2.05) is 104 Å². The number of aliphatic hydroxyl groups excluding tert-OH is 1. The number of phenols is 1. The normalized spacial score (nSPS) is 14.0. The lowest BCUT2D eigenvalue weighted by Gasteiger charge is -2.31. The van der Waals surface area contributed by atoms with Gasteiger partial charge in [-0.2, -0.15) is 0 Å². The number of benzene rings is 5. The van der Waals surface area contributed by atoms with Crippen LogP contribution in [-0.2, 0) is 40.3 Å². The standard InChI is InChI=1S/C52H58N6O8/c1-34(53-33-46(60)42-17-19-45(59)51-43(42)18-21-49(62)57-51)28-39-29-37(16-20-47(39)65-2)30-50(63)55-32-36-14-12-35(13-15-36)31-54-48(61)24-27-58-25-22-40(23-26-58)66-52(64)56-44-11-7-6-10-41(44)38-8-4-3-5-9-38/h3-21,29,34,40,46,53,59-60H,22-28,30-33H2,1-2H3,(H,54,61)(H,55,63)(H,56,64)(H,57,62)/t34-,46-/m0/s1. The zero-order valence-corrected chi connectivity index (χ0v) is 37.3. The van der Waals surface area contributed by atoms with Gasteiger partial charge in [-0.25, -0.2) is 4.79 Å². The zero-order chi connectivity index (χ0) is 46.4. The number of carbonyl (C=O) groups is 3. The highest BCUT2D eigenvalue weighted by Gasteiger charge is 2.23. The number of aromatic hydroxyl groups is 1. The first-order valence-electron chi connectivity index (χ1n) is 22.4. The Morgan fingerprint density at radius 3 is 2.23 bits per heavy atom. The third kappa shape index (κ3) is 13.1. The van der Waals surface area contributed by atoms with Crippen molar-refractivity contribution in [3.8, 4) is 22.6 Å². The Kier molecular flexibility index (Phi) is 16.2. The maximum atomic E-state index is 13.0. The van der Waals surface area contributed by atoms with Crippen LogP contribution < -0.4 is 31.6 Å². The molecule has 14 nitrogen and oxygen atoms in total. The molecular formula is C52H58N6O8. The molecule has 1 aliphatic heterocycles. The molecule has 344 valence electrons. The number of fused-ring (bicyclic) bond motifs is 1. The Morgan fingerprint density at radius 2 is 1.50 bits per heavy atom. The van der Waals surface area contributed by atoms with Crippen LogP contribution in [0.25, 0.3) is 22.0 Å². The van der Waals surface area contributed by atoms with Crippen LogP contribution in [0.2, 0.25) is 0 Å². The average molecular weight is 895 g/mol. The van der Waals surface area contributed by atoms with E-state index in [1.54, 1.807) is 19.2 Å². The number of aliphatic hydroxyl groups is 1. The van der Waals surface area contributed by atoms with Crippen molar-refractivity contribution < 1.29 is 34.1 Å². The zero-order valence-electron chi connectivity index (χ0n) is 37.3. The average Bonchev–Trinajstić information content (AvgIpc) is 3.33. The summed E-state index contributed by atoms with van der Waals surface area (Å²) in [6, 6.07) is 37.0. The Hall–Kier alpha value is -7.00. The number of nitrogens with zero attached hydrogens (tertiary/aromatic N) is 1. The molecule has 2 atom stereocenters. The molecule has 14 heteroatoms. The van der Waals surface area contributed by atoms with Crippen LogP contribution in [0.4, 0.5) is 10.5 Å². The molecule has 1 aliphatic rings. The van der Waals surface area contributed by atoms with Gasteiger partial charge < -0.3 is 45.5 Å². The van der Waals surface area contributed by atoms with Crippen molar-refractivity contribution in [3.63, 3.8) is 0 Å². The largest absolute Gasteiger partial charge is 0.506 e. The van der Waals surface area contributed by atoms with Crippen molar-refractivity contribution in [1.82, 2.24) is 25.8 Å². The number of piperidine rings is 1. The molecule has 0 aliphatic carbocycles. The molecule has 5 aromatic carbocycles. The van der Waals surface area contributed by atoms with Crippen LogP contribution in [-0.4, -0.2) is 83.4 Å². The second-order valence-electron chi connectivity index (χ2n) is 16.7. The summed E-state index contributed by atoms with van der Waals surface area (Å²) in [4.78, 5) is 55.2. The summed E-state index contributed by atoms with van der Waals surface area (Å²) in [5.41, 5.74) is 6.82. The molecule has 1 fully saturated rings. The number of rotatable bonds is 19. The highest BCUT2D eigenvalue weighted by atomic mass is 16.6. The maximum absolute atomic E-state index is 13.0. The number of pyridine rings is 1. The molecule has 7 N–H and O–H groups in total. The number of phenolic OH excluding ortho intramolecular Hbond substituents is 1. The third-order valence-electron chi connectivity index (χ3n) is 11.9. The first-order chi connectivity index (χ1) is 32.0. The lowest BCUT2D eigenvalue weighted by molar-refractivity contribution is -0.122. The van der Waals surface area contributed by atoms with Gasteiger partial charge in [-0.1, -0.05) is 91.0 Å². The molecule has 1 aromatic heterocycles. The number of aromatic amines is 1. The number of methoxy groups -OCH3 is 1. The van der Waals surface area contributed by atoms with Crippen LogP contribution in [0.3, 0.4) is 0 Å². The summed E-state index contributed by atoms with van der Waals surface area (Å²) in [6.45, 7) is 5.10. The molecule has 66 heavy (non-hydrogen) atoms. The molecule has 0 spiro atoms. The quantitative estimate of drug-likeness (QED) is 0.0458. The summed E-state index contributed by atoms with van der Waals surface area (Å²) in [6.07, 6.45) is 0.983. The molecule has 0 radical (unpaired) electrons. The second-order valence-corrected chi connectivity index (χ2v) is 16.7. The van der Waals surface area contributed by atoms with Crippen molar-refractivity contribution in [3.05, 3.63) is 159 Å². The molecule has 7 rings (SSSR count). The Balaban J connectivity index is 0.782. The van der Waals surface area contributed by atoms with E-state index in [9.17, 15) is 29.4 Å². The first-order valence-corrected chi connectivity index (χ1v) is 22.4. The minimum absolute atomic E-state index is 0.0350. The Bertz CT molecular complexity index is 2650. The fraction of sp³-hybridized carbons (Fsp3) is 0.308. The number of likely N-dealkylation sites (tertiary alicyclic amines) is 1. The SMILES string of the molecule is COc1ccc(CC(=O)NCc2ccc(CNC(=O)CCN3CCC(OC(=O)Nc4ccccc4-c4ccccc4)CC3)cc2)cc1C[C@H](C)NC[C@H](O)c1ccc(O)c2[nH]c(=O)ccc12. The third-order valence-corrected chi connectivity index (χ3v) is 11.9. The second kappa shape index (κ2) is 22.8. The van der Waals surface area contributed by atoms with E-state index in [0.29, 0.717) is 67.7 Å². The summed E-state index contributed by atoms with van der Waals surface area (Å²) in [7, 11) is 1.61. The number of ether oxygens (including phenoxy) is 2. The van der Waals surface area contributed by atoms with Crippen molar-refractivity contribution in [1.29, 1.82) is 0 Å². The van der Waals surface area contributed by atoms with Gasteiger partial charge in [0, 0.05) is 68.7 Å². The number of H-pyrrole nitrogens is 1. The van der Waals surface area contributed by atoms with Gasteiger partial charge in [0.1, 0.15) is 17.6 Å². The van der Waals surface area contributed by atoms with Crippen molar-refractivity contribution in [2.75, 3.05) is 38.6 Å². The van der Waals surface area contributed by atoms with Gasteiger partial charge in [0.25, 0.3) is 0 Å². The predicted octanol–water partition coefficient (Wildman–Crippen LogP) is 6.74. The van der Waals surface area contributed by atoms with Crippen molar-refractivity contribution in [2.45, 2.75) is 70.4 Å². The molecule has 1 saturated heterocycles. The number of amides is 3. The highest BCUT2D eigenvalue weighted by Crippen LogP contribution is 2.30. The van der Waals surface area contributed by atoms with Crippen LogP contribution in [0, 0.1) is 0 Å². The number of hydrogen-bond donors (Lipinski definition) is 7. The predicted molar refractivity (Wildman–Crippen MR) is 255 cm³/mol. The van der Waals surface area contributed by atoms with E-state index in [1.165, 1.54) is 12.1 Å². The van der Waals surface area contributed by atoms with Gasteiger partial charge in [-0.3, -0.25) is 19.7 Å². The molecule has 6 aromatic rings. The summed E-state index contributed by atoms with van der Waals surface area (Å²) in [5, 5.41) is 34.1. The van der Waals surface area contributed by atoms with Gasteiger partial charge in [0.05, 0.1) is 30.8 Å². The lowest BCUT2D eigenvalue weighted by atomic mass is 10.00. The van der Waals surface area contributed by atoms with Crippen LogP contribution in [0.15, 0.2) is 126 Å². The minimum Gasteiger partial charge on any atom is -0.506 e. The van der Waals surface area contributed by atoms with E-state index in [4.69, 9.17) is 9.47 Å². The van der Waals surface area contributed by atoms with Crippen LogP contribution in [0.5, 0.6) is 11.5 Å². The smallest absolute Gasteiger partial charge is 0.411 e. The number of anilines is 1. The molecule has 0 saturated carbocycles. The minimum atomic E-state index is -0.894. The van der Waals surface area contributed by atoms with Crippen LogP contribution >= 0.6 is 0 Å². The fourth-order valence-corrected chi connectivity index (χ4v) is 8.25.